The van der Waals surface area contributed by atoms with E-state index in [1.807, 2.05) is 51.1 Å². The molecule has 2 aromatic heterocycles. The molecule has 0 saturated carbocycles. The van der Waals surface area contributed by atoms with Crippen LogP contribution in [0.15, 0.2) is 64.5 Å². The first-order chi connectivity index (χ1) is 15.3. The van der Waals surface area contributed by atoms with Crippen molar-refractivity contribution in [2.45, 2.75) is 32.0 Å². The van der Waals surface area contributed by atoms with Crippen LogP contribution >= 0.6 is 23.1 Å². The summed E-state index contributed by atoms with van der Waals surface area (Å²) in [7, 11) is 0. The Kier molecular flexibility index (Phi) is 6.43. The first-order valence-electron chi connectivity index (χ1n) is 10.1. The topological polar surface area (TPSA) is 64.0 Å². The van der Waals surface area contributed by atoms with Crippen molar-refractivity contribution in [3.63, 3.8) is 0 Å². The fourth-order valence-corrected chi connectivity index (χ4v) is 5.41. The SMILES string of the molecule is Cc1sc2nc(SCC(=O)NC(C)C)n(-c3ccccc3)c(=O)c2c1-c1ccc(F)cc1. The number of benzene rings is 2. The summed E-state index contributed by atoms with van der Waals surface area (Å²) in [5.41, 5.74) is 2.00. The number of hydrogen-bond donors (Lipinski definition) is 1. The van der Waals surface area contributed by atoms with Gasteiger partial charge < -0.3 is 5.32 Å². The van der Waals surface area contributed by atoms with Gasteiger partial charge in [-0.1, -0.05) is 42.1 Å². The van der Waals surface area contributed by atoms with E-state index in [-0.39, 0.29) is 29.1 Å². The van der Waals surface area contributed by atoms with Crippen LogP contribution in [-0.2, 0) is 4.79 Å². The Morgan fingerprint density at radius 3 is 2.50 bits per heavy atom. The van der Waals surface area contributed by atoms with E-state index < -0.39 is 0 Å². The molecule has 4 rings (SSSR count). The molecule has 5 nitrogen and oxygen atoms in total. The highest BCUT2D eigenvalue weighted by atomic mass is 32.2. The number of rotatable bonds is 6. The molecule has 0 aliphatic carbocycles. The number of amides is 1. The van der Waals surface area contributed by atoms with Gasteiger partial charge >= 0.3 is 0 Å². The monoisotopic (exact) mass is 467 g/mol. The third kappa shape index (κ3) is 4.47. The number of fused-ring (bicyclic) bond motifs is 1. The first kappa shape index (κ1) is 22.2. The van der Waals surface area contributed by atoms with Crippen molar-refractivity contribution in [1.29, 1.82) is 0 Å². The molecule has 0 spiro atoms. The molecule has 0 fully saturated rings. The predicted molar refractivity (Wildman–Crippen MR) is 129 cm³/mol. The average molecular weight is 468 g/mol. The van der Waals surface area contributed by atoms with Crippen molar-refractivity contribution in [3.8, 4) is 16.8 Å². The van der Waals surface area contributed by atoms with Crippen molar-refractivity contribution in [2.24, 2.45) is 0 Å². The summed E-state index contributed by atoms with van der Waals surface area (Å²) in [6.45, 7) is 5.73. The van der Waals surface area contributed by atoms with Crippen molar-refractivity contribution >= 4 is 39.2 Å². The minimum atomic E-state index is -0.330. The second-order valence-corrected chi connectivity index (χ2v) is 9.75. The molecule has 4 aromatic rings. The highest BCUT2D eigenvalue weighted by Crippen LogP contribution is 2.37. The maximum absolute atomic E-state index is 13.8. The lowest BCUT2D eigenvalue weighted by Crippen LogP contribution is -2.32. The van der Waals surface area contributed by atoms with Gasteiger partial charge in [0.05, 0.1) is 16.8 Å². The lowest BCUT2D eigenvalue weighted by molar-refractivity contribution is -0.119. The second-order valence-electron chi connectivity index (χ2n) is 7.60. The van der Waals surface area contributed by atoms with Crippen LogP contribution in [0, 0.1) is 12.7 Å². The Morgan fingerprint density at radius 2 is 1.84 bits per heavy atom. The molecule has 2 aromatic carbocycles. The second kappa shape index (κ2) is 9.26. The fraction of sp³-hybridized carbons (Fsp3) is 0.208. The molecule has 0 radical (unpaired) electrons. The lowest BCUT2D eigenvalue weighted by atomic mass is 10.0. The van der Waals surface area contributed by atoms with Gasteiger partial charge in [-0.05, 0) is 50.6 Å². The molecule has 164 valence electrons. The Bertz CT molecular complexity index is 1330. The molecule has 1 amide bonds. The smallest absolute Gasteiger partial charge is 0.268 e. The Balaban J connectivity index is 1.90. The number of nitrogens with zero attached hydrogens (tertiary/aromatic N) is 2. The normalized spacial score (nSPS) is 11.3. The third-order valence-electron chi connectivity index (χ3n) is 4.80. The number of thiophene rings is 1. The zero-order chi connectivity index (χ0) is 22.8. The average Bonchev–Trinajstić information content (AvgIpc) is 3.09. The van der Waals surface area contributed by atoms with Crippen LogP contribution in [0.4, 0.5) is 4.39 Å². The van der Waals surface area contributed by atoms with E-state index >= 15 is 0 Å². The molecule has 1 N–H and O–H groups in total. The van der Waals surface area contributed by atoms with Crippen molar-refractivity contribution in [2.75, 3.05) is 5.75 Å². The Morgan fingerprint density at radius 1 is 1.16 bits per heavy atom. The zero-order valence-electron chi connectivity index (χ0n) is 17.9. The molecular formula is C24H22FN3O2S2. The first-order valence-corrected chi connectivity index (χ1v) is 11.9. The molecule has 0 unspecified atom stereocenters. The summed E-state index contributed by atoms with van der Waals surface area (Å²) < 4.78 is 15.0. The summed E-state index contributed by atoms with van der Waals surface area (Å²) in [6.07, 6.45) is 0. The largest absolute Gasteiger partial charge is 0.353 e. The number of aryl methyl sites for hydroxylation is 1. The van der Waals surface area contributed by atoms with E-state index in [0.29, 0.717) is 21.1 Å². The quantitative estimate of drug-likeness (QED) is 0.314. The van der Waals surface area contributed by atoms with Crippen LogP contribution in [-0.4, -0.2) is 27.3 Å². The Labute approximate surface area is 193 Å². The van der Waals surface area contributed by atoms with E-state index in [1.165, 1.54) is 35.2 Å². The Hall–Kier alpha value is -2.97. The summed E-state index contributed by atoms with van der Waals surface area (Å²) in [5, 5.41) is 3.82. The standard InChI is InChI=1S/C24H22FN3O2S2/c1-14(2)26-19(29)13-31-24-27-22-21(23(30)28(24)18-7-5-4-6-8-18)20(15(3)32-22)16-9-11-17(25)12-10-16/h4-12,14H,13H2,1-3H3,(H,26,29). The van der Waals surface area contributed by atoms with Crippen LogP contribution in [0.2, 0.25) is 0 Å². The zero-order valence-corrected chi connectivity index (χ0v) is 19.5. The molecule has 0 aliphatic rings. The maximum atomic E-state index is 13.8. The molecule has 32 heavy (non-hydrogen) atoms. The molecule has 8 heteroatoms. The van der Waals surface area contributed by atoms with E-state index in [9.17, 15) is 14.0 Å². The number of thioether (sulfide) groups is 1. The van der Waals surface area contributed by atoms with Gasteiger partial charge in [0.1, 0.15) is 10.6 Å². The van der Waals surface area contributed by atoms with Crippen molar-refractivity contribution < 1.29 is 9.18 Å². The molecule has 0 atom stereocenters. The predicted octanol–water partition coefficient (Wildman–Crippen LogP) is 5.18. The number of hydrogen-bond acceptors (Lipinski definition) is 5. The van der Waals surface area contributed by atoms with Crippen molar-refractivity contribution in [3.05, 3.63) is 75.6 Å². The molecule has 2 heterocycles. The third-order valence-corrected chi connectivity index (χ3v) is 6.74. The van der Waals surface area contributed by atoms with Gasteiger partial charge in [-0.25, -0.2) is 9.37 Å². The van der Waals surface area contributed by atoms with Crippen LogP contribution in [0.3, 0.4) is 0 Å². The molecule has 0 saturated heterocycles. The van der Waals surface area contributed by atoms with E-state index in [1.54, 1.807) is 16.7 Å². The fourth-order valence-electron chi connectivity index (χ4n) is 3.50. The molecule has 0 bridgehead atoms. The minimum Gasteiger partial charge on any atom is -0.353 e. The van der Waals surface area contributed by atoms with E-state index in [4.69, 9.17) is 4.98 Å². The van der Waals surface area contributed by atoms with Gasteiger partial charge in [0.2, 0.25) is 5.91 Å². The maximum Gasteiger partial charge on any atom is 0.268 e. The van der Waals surface area contributed by atoms with Gasteiger partial charge in [0, 0.05) is 16.5 Å². The van der Waals surface area contributed by atoms with Gasteiger partial charge in [-0.15, -0.1) is 11.3 Å². The van der Waals surface area contributed by atoms with Gasteiger partial charge in [0.15, 0.2) is 5.16 Å². The molecule has 0 aliphatic heterocycles. The highest BCUT2D eigenvalue weighted by molar-refractivity contribution is 7.99. The van der Waals surface area contributed by atoms with Gasteiger partial charge in [-0.3, -0.25) is 14.2 Å². The number of nitrogens with one attached hydrogen (secondary N) is 1. The van der Waals surface area contributed by atoms with E-state index in [2.05, 4.69) is 5.32 Å². The van der Waals surface area contributed by atoms with E-state index in [0.717, 1.165) is 16.0 Å². The van der Waals surface area contributed by atoms with Crippen molar-refractivity contribution in [1.82, 2.24) is 14.9 Å². The number of para-hydroxylation sites is 1. The van der Waals surface area contributed by atoms with Gasteiger partial charge in [0.25, 0.3) is 5.56 Å². The molecular weight excluding hydrogens is 445 g/mol. The number of carbonyl (C=O) groups excluding carboxylic acids is 1. The van der Waals surface area contributed by atoms with Gasteiger partial charge in [-0.2, -0.15) is 0 Å². The van der Waals surface area contributed by atoms with Crippen LogP contribution in [0.5, 0.6) is 0 Å². The minimum absolute atomic E-state index is 0.0352. The summed E-state index contributed by atoms with van der Waals surface area (Å²) in [4.78, 5) is 32.3. The lowest BCUT2D eigenvalue weighted by Gasteiger charge is -2.13. The van der Waals surface area contributed by atoms with Crippen LogP contribution in [0.25, 0.3) is 27.0 Å². The summed E-state index contributed by atoms with van der Waals surface area (Å²) >= 11 is 2.65. The van der Waals surface area contributed by atoms with Crippen LogP contribution in [0.1, 0.15) is 18.7 Å². The summed E-state index contributed by atoms with van der Waals surface area (Å²) in [5.74, 6) is -0.296. The summed E-state index contributed by atoms with van der Waals surface area (Å²) in [6, 6.07) is 15.4. The van der Waals surface area contributed by atoms with Crippen LogP contribution < -0.4 is 10.9 Å². The number of aromatic nitrogens is 2. The number of halogens is 1. The highest BCUT2D eigenvalue weighted by Gasteiger charge is 2.21. The number of carbonyl (C=O) groups is 1.